The van der Waals surface area contributed by atoms with Crippen LogP contribution in [0.3, 0.4) is 0 Å². The van der Waals surface area contributed by atoms with Gasteiger partial charge in [0.05, 0.1) is 13.2 Å². The van der Waals surface area contributed by atoms with Gasteiger partial charge >= 0.3 is 0 Å². The van der Waals surface area contributed by atoms with Gasteiger partial charge in [0.15, 0.2) is 0 Å². The van der Waals surface area contributed by atoms with Gasteiger partial charge in [-0.25, -0.2) is 0 Å². The third kappa shape index (κ3) is 2.93. The number of hydrogen-bond acceptors (Lipinski definition) is 2. The van der Waals surface area contributed by atoms with Crippen molar-refractivity contribution >= 4 is 0 Å². The molecule has 0 saturated carbocycles. The fourth-order valence-electron chi connectivity index (χ4n) is 2.83. The van der Waals surface area contributed by atoms with Crippen molar-refractivity contribution in [3.63, 3.8) is 0 Å². The van der Waals surface area contributed by atoms with Gasteiger partial charge in [-0.05, 0) is 36.8 Å². The first-order valence-electron chi connectivity index (χ1n) is 6.94. The van der Waals surface area contributed by atoms with Gasteiger partial charge in [0.1, 0.15) is 0 Å². The zero-order chi connectivity index (χ0) is 13.2. The maximum Gasteiger partial charge on any atom is 0.0586 e. The Morgan fingerprint density at radius 3 is 2.17 bits per heavy atom. The maximum atomic E-state index is 5.97. The van der Waals surface area contributed by atoms with Crippen molar-refractivity contribution in [1.29, 1.82) is 0 Å². The second-order valence-electron chi connectivity index (χ2n) is 6.25. The lowest BCUT2D eigenvalue weighted by atomic mass is 9.74. The summed E-state index contributed by atoms with van der Waals surface area (Å²) >= 11 is 0. The predicted molar refractivity (Wildman–Crippen MR) is 75.7 cm³/mol. The summed E-state index contributed by atoms with van der Waals surface area (Å²) in [5, 5.41) is 0. The van der Waals surface area contributed by atoms with Crippen molar-refractivity contribution in [2.24, 2.45) is 11.7 Å². The largest absolute Gasteiger partial charge is 0.379 e. The number of benzene rings is 1. The van der Waals surface area contributed by atoms with E-state index >= 15 is 0 Å². The molecular weight excluding hydrogens is 222 g/mol. The average molecular weight is 247 g/mol. The molecule has 1 saturated heterocycles. The van der Waals surface area contributed by atoms with Crippen molar-refractivity contribution in [2.45, 2.75) is 45.1 Å². The highest BCUT2D eigenvalue weighted by atomic mass is 16.5. The predicted octanol–water partition coefficient (Wildman–Crippen LogP) is 2.89. The topological polar surface area (TPSA) is 35.2 Å². The van der Waals surface area contributed by atoms with Crippen LogP contribution in [-0.2, 0) is 16.6 Å². The van der Waals surface area contributed by atoms with Gasteiger partial charge in [-0.1, -0.05) is 38.1 Å². The molecule has 0 aliphatic carbocycles. The summed E-state index contributed by atoms with van der Waals surface area (Å²) in [6, 6.07) is 9.28. The fraction of sp³-hybridized carbons (Fsp3) is 0.625. The molecule has 1 fully saturated rings. The van der Waals surface area contributed by atoms with Crippen LogP contribution < -0.4 is 5.73 Å². The van der Waals surface area contributed by atoms with E-state index in [9.17, 15) is 0 Å². The third-order valence-corrected chi connectivity index (χ3v) is 3.68. The third-order valence-electron chi connectivity index (χ3n) is 3.68. The molecule has 0 bridgehead atoms. The van der Waals surface area contributed by atoms with Gasteiger partial charge in [0.25, 0.3) is 0 Å². The van der Waals surface area contributed by atoms with E-state index in [0.29, 0.717) is 5.92 Å². The van der Waals surface area contributed by atoms with E-state index in [0.717, 1.165) is 26.1 Å². The van der Waals surface area contributed by atoms with Crippen molar-refractivity contribution in [3.8, 4) is 0 Å². The van der Waals surface area contributed by atoms with Gasteiger partial charge in [-0.2, -0.15) is 0 Å². The number of nitrogens with two attached hydrogens (primary N) is 1. The highest BCUT2D eigenvalue weighted by Crippen LogP contribution is 2.36. The molecule has 100 valence electrons. The Morgan fingerprint density at radius 1 is 1.17 bits per heavy atom. The van der Waals surface area contributed by atoms with Crippen LogP contribution in [0.2, 0.25) is 0 Å². The number of rotatable bonds is 5. The van der Waals surface area contributed by atoms with Crippen molar-refractivity contribution in [2.75, 3.05) is 13.2 Å². The monoisotopic (exact) mass is 247 g/mol. The van der Waals surface area contributed by atoms with Gasteiger partial charge < -0.3 is 10.5 Å². The molecule has 1 aromatic rings. The number of hydrogen-bond donors (Lipinski definition) is 1. The van der Waals surface area contributed by atoms with E-state index in [2.05, 4.69) is 45.0 Å². The molecule has 1 heterocycles. The zero-order valence-corrected chi connectivity index (χ0v) is 11.8. The smallest absolute Gasteiger partial charge is 0.0586 e. The Bertz CT molecular complexity index is 377. The van der Waals surface area contributed by atoms with Crippen LogP contribution >= 0.6 is 0 Å². The lowest BCUT2D eigenvalue weighted by Crippen LogP contribution is -2.49. The van der Waals surface area contributed by atoms with E-state index in [1.54, 1.807) is 0 Å². The van der Waals surface area contributed by atoms with Crippen molar-refractivity contribution < 1.29 is 4.74 Å². The summed E-state index contributed by atoms with van der Waals surface area (Å²) in [5.74, 6) is 0.709. The summed E-state index contributed by atoms with van der Waals surface area (Å²) in [7, 11) is 0. The molecule has 2 rings (SSSR count). The molecule has 1 aromatic carbocycles. The van der Waals surface area contributed by atoms with Gasteiger partial charge in [0.2, 0.25) is 0 Å². The Hall–Kier alpha value is -0.860. The van der Waals surface area contributed by atoms with Gasteiger partial charge in [-0.3, -0.25) is 0 Å². The molecule has 1 aliphatic heterocycles. The minimum absolute atomic E-state index is 0.171. The van der Waals surface area contributed by atoms with Gasteiger partial charge in [0, 0.05) is 11.5 Å². The second-order valence-corrected chi connectivity index (χ2v) is 6.25. The lowest BCUT2D eigenvalue weighted by Gasteiger charge is -2.43. The second kappa shape index (κ2) is 5.41. The first kappa shape index (κ1) is 13.6. The molecule has 18 heavy (non-hydrogen) atoms. The van der Waals surface area contributed by atoms with Crippen LogP contribution in [0.5, 0.6) is 0 Å². The van der Waals surface area contributed by atoms with Crippen LogP contribution in [0.4, 0.5) is 0 Å². The first-order valence-corrected chi connectivity index (χ1v) is 6.94. The Balaban J connectivity index is 2.12. The molecule has 0 aromatic heterocycles. The van der Waals surface area contributed by atoms with Crippen LogP contribution in [0, 0.1) is 5.92 Å². The van der Waals surface area contributed by atoms with Crippen LogP contribution in [0.1, 0.15) is 38.3 Å². The van der Waals surface area contributed by atoms with E-state index < -0.39 is 0 Å². The highest BCUT2D eigenvalue weighted by Gasteiger charge is 2.40. The van der Waals surface area contributed by atoms with E-state index in [4.69, 9.17) is 10.5 Å². The lowest BCUT2D eigenvalue weighted by molar-refractivity contribution is -0.0665. The Morgan fingerprint density at radius 2 is 1.78 bits per heavy atom. The minimum atomic E-state index is 0.171. The molecular formula is C16H25NO. The van der Waals surface area contributed by atoms with Gasteiger partial charge in [-0.15, -0.1) is 0 Å². The van der Waals surface area contributed by atoms with Crippen LogP contribution in [0.15, 0.2) is 24.3 Å². The molecule has 0 radical (unpaired) electrons. The van der Waals surface area contributed by atoms with Crippen molar-refractivity contribution in [1.82, 2.24) is 0 Å². The summed E-state index contributed by atoms with van der Waals surface area (Å²) in [5.41, 5.74) is 8.95. The molecule has 2 N–H and O–H groups in total. The summed E-state index contributed by atoms with van der Waals surface area (Å²) in [4.78, 5) is 0. The van der Waals surface area contributed by atoms with Crippen LogP contribution in [-0.4, -0.2) is 19.3 Å². The van der Waals surface area contributed by atoms with Crippen molar-refractivity contribution in [3.05, 3.63) is 35.4 Å². The molecule has 2 nitrogen and oxygen atoms in total. The maximum absolute atomic E-state index is 5.97. The minimum Gasteiger partial charge on any atom is -0.379 e. The first-order chi connectivity index (χ1) is 8.52. The Labute approximate surface area is 111 Å². The quantitative estimate of drug-likeness (QED) is 0.868. The summed E-state index contributed by atoms with van der Waals surface area (Å²) in [6.45, 7) is 8.22. The van der Waals surface area contributed by atoms with Crippen LogP contribution in [0.25, 0.3) is 0 Å². The number of ether oxygens (including phenoxy) is 1. The van der Waals surface area contributed by atoms with E-state index in [-0.39, 0.29) is 11.5 Å². The summed E-state index contributed by atoms with van der Waals surface area (Å²) in [6.07, 6.45) is 2.16. The molecule has 2 heteroatoms. The molecule has 1 atom stereocenters. The van der Waals surface area contributed by atoms with E-state index in [1.807, 2.05) is 0 Å². The molecule has 0 amide bonds. The summed E-state index contributed by atoms with van der Waals surface area (Å²) < 4.78 is 5.43. The average Bonchev–Trinajstić information content (AvgIpc) is 2.24. The zero-order valence-electron chi connectivity index (χ0n) is 11.8. The van der Waals surface area contributed by atoms with E-state index in [1.165, 1.54) is 11.1 Å². The fourth-order valence-corrected chi connectivity index (χ4v) is 2.83. The standard InChI is InChI=1S/C16H25NO/c1-12(2)8-14-4-6-15(7-5-14)16(9-13(3)17)10-18-11-16/h4-7,12-13H,8-11,17H2,1-3H3. The SMILES string of the molecule is CC(C)Cc1ccc(C2(CC(C)N)COC2)cc1. The Kier molecular flexibility index (Phi) is 4.08. The molecule has 1 unspecified atom stereocenters. The highest BCUT2D eigenvalue weighted by molar-refractivity contribution is 5.31. The molecule has 0 spiro atoms. The molecule has 1 aliphatic rings. The normalized spacial score (nSPS) is 19.6.